The first-order valence-corrected chi connectivity index (χ1v) is 30.6. The highest BCUT2D eigenvalue weighted by Crippen LogP contribution is 2.43. The number of ketones is 1. The topological polar surface area (TPSA) is 122 Å². The van der Waals surface area contributed by atoms with Crippen LogP contribution in [0, 0.1) is 41.5 Å². The summed E-state index contributed by atoms with van der Waals surface area (Å²) in [5.74, 6) is 1.33. The van der Waals surface area contributed by atoms with Gasteiger partial charge >= 0.3 is 6.18 Å². The van der Waals surface area contributed by atoms with E-state index >= 15 is 0 Å². The van der Waals surface area contributed by atoms with Crippen LogP contribution in [0.2, 0.25) is 0 Å². The third-order valence-corrected chi connectivity index (χ3v) is 20.9. The molecule has 6 atom stereocenters. The lowest BCUT2D eigenvalue weighted by Crippen LogP contribution is -2.45. The average molecular weight is 1170 g/mol. The third-order valence-electron chi connectivity index (χ3n) is 14.4. The normalized spacial score (nSPS) is 21.1. The van der Waals surface area contributed by atoms with Gasteiger partial charge < -0.3 is 16.3 Å². The second-order valence-electron chi connectivity index (χ2n) is 19.6. The Labute approximate surface area is 475 Å². The lowest BCUT2D eigenvalue weighted by atomic mass is 9.77. The molecule has 0 bridgehead atoms. The van der Waals surface area contributed by atoms with Crippen LogP contribution in [0.3, 0.4) is 0 Å². The van der Waals surface area contributed by atoms with Crippen LogP contribution in [0.4, 0.5) is 13.2 Å². The number of nitrogens with zero attached hydrogens (tertiary/aromatic N) is 1. The van der Waals surface area contributed by atoms with Crippen molar-refractivity contribution in [2.75, 3.05) is 0 Å². The predicted octanol–water partition coefficient (Wildman–Crippen LogP) is 17.8. The Balaban J connectivity index is 0.000000154. The molecule has 6 heterocycles. The minimum Gasteiger partial charge on any atom is -0.411 e. The van der Waals surface area contributed by atoms with Gasteiger partial charge in [-0.25, -0.2) is 0 Å². The second kappa shape index (κ2) is 28.4. The van der Waals surface area contributed by atoms with E-state index in [1.807, 2.05) is 59.4 Å². The van der Waals surface area contributed by atoms with Crippen LogP contribution < -0.4 is 11.1 Å². The van der Waals surface area contributed by atoms with Gasteiger partial charge in [0.1, 0.15) is 5.78 Å². The average Bonchev–Trinajstić information content (AvgIpc) is 4.00. The van der Waals surface area contributed by atoms with Crippen LogP contribution in [0.25, 0.3) is 6.08 Å². The van der Waals surface area contributed by atoms with Crippen LogP contribution in [0.5, 0.6) is 0 Å². The highest BCUT2D eigenvalue weighted by molar-refractivity contribution is 7.12. The lowest BCUT2D eigenvalue weighted by Gasteiger charge is -2.37. The number of nitrogens with two attached hydrogens (primary N) is 1. The summed E-state index contributed by atoms with van der Waals surface area (Å²) in [6.07, 6.45) is 9.56. The number of benzene rings is 1. The molecule has 1 amide bonds. The third kappa shape index (κ3) is 15.8. The van der Waals surface area contributed by atoms with Crippen molar-refractivity contribution in [1.29, 1.82) is 0 Å². The van der Waals surface area contributed by atoms with Crippen molar-refractivity contribution in [2.45, 2.75) is 148 Å². The quantitative estimate of drug-likeness (QED) is 0.0795. The first kappa shape index (κ1) is 60.7. The fourth-order valence-electron chi connectivity index (χ4n) is 8.97. The molecule has 0 aliphatic heterocycles. The summed E-state index contributed by atoms with van der Waals surface area (Å²) >= 11 is 10.3. The van der Waals surface area contributed by atoms with Crippen molar-refractivity contribution in [1.82, 2.24) is 5.32 Å². The number of amides is 1. The van der Waals surface area contributed by atoms with Crippen molar-refractivity contribution in [3.05, 3.63) is 172 Å². The largest absolute Gasteiger partial charge is 0.417 e. The van der Waals surface area contributed by atoms with Gasteiger partial charge in [-0.05, 0) is 220 Å². The fraction of sp³-hybridized carbons (Fsp3) is 0.390. The molecule has 12 rings (SSSR count). The number of alkyl halides is 3. The van der Waals surface area contributed by atoms with Gasteiger partial charge in [-0.15, -0.1) is 80.4 Å². The number of carbonyl (C=O) groups is 3. The van der Waals surface area contributed by atoms with Crippen molar-refractivity contribution in [3.8, 4) is 0 Å². The molecular weight excluding hydrogens is 1100 g/mol. The van der Waals surface area contributed by atoms with Gasteiger partial charge in [0.25, 0.3) is 5.91 Å². The van der Waals surface area contributed by atoms with Crippen LogP contribution in [-0.4, -0.2) is 41.0 Å². The Hall–Kier alpha value is -4.52. The van der Waals surface area contributed by atoms with E-state index in [-0.39, 0.29) is 35.8 Å². The Morgan fingerprint density at radius 1 is 0.618 bits per heavy atom. The SMILES string of the molecule is Cc1ccsc1C1CC/C1=N\O.Cc1ccsc1C1CCC1=O.Cc1ccsc1C1CC[C@H]1N.Cc1ccsc1C1CC[C@H]1NC(=O)c1ccccc1C(F)(F)F.Cc1ccsc1C=C1CC1.Cc1ccsc1C=O.Cl. The number of hydrogen-bond acceptors (Lipinski definition) is 12. The molecule has 5 saturated carbocycles. The Morgan fingerprint density at radius 3 is 1.46 bits per heavy atom. The molecular formula is C59H67ClF3N3O4S6. The molecule has 76 heavy (non-hydrogen) atoms. The zero-order valence-corrected chi connectivity index (χ0v) is 49.3. The van der Waals surface area contributed by atoms with Crippen LogP contribution in [0.1, 0.15) is 171 Å². The standard InChI is InChI=1S/C17H16F3NOS.C9H11NOS.C9H13NS.C9H10OS.C9H10S.C6H6OS.ClH/c1-10-8-9-23-15(10)12-6-7-14(12)21-16(22)11-4-2-3-5-13(11)17(18,19)20;1-6-4-5-12-9(6)7-2-3-8(7)10-11;2*1-6-4-5-11-9(6)7-2-3-8(7)10;1-7-4-5-10-9(7)6-8-2-3-8;1-5-2-3-8-6(5)4-7;/h2-5,8-9,12,14H,6-7H2,1H3,(H,21,22);4-5,7,11H,2-3H2,1H3;4-5,7-8H,2-3,10H2,1H3;4-5,7H,2-3H2,1H3;4-6H,2-3H2,1H3;2-4H,1H3;1H/b;10-8+;;;;;/t12?,14-;;7?,8-;;;;/m1.1..../s1. The number of allylic oxidation sites excluding steroid dienone is 1. The molecule has 7 aromatic rings. The smallest absolute Gasteiger partial charge is 0.411 e. The van der Waals surface area contributed by atoms with Crippen molar-refractivity contribution < 1.29 is 32.8 Å². The first-order valence-electron chi connectivity index (χ1n) is 25.3. The molecule has 5 aliphatic rings. The molecule has 0 saturated heterocycles. The van der Waals surface area contributed by atoms with Crippen LogP contribution in [0.15, 0.2) is 104 Å². The summed E-state index contributed by atoms with van der Waals surface area (Å²) in [6, 6.07) is 17.8. The van der Waals surface area contributed by atoms with E-state index in [0.29, 0.717) is 23.7 Å². The molecule has 5 aliphatic carbocycles. The molecule has 6 aromatic heterocycles. The lowest BCUT2D eigenvalue weighted by molar-refractivity contribution is -0.138. The van der Waals surface area contributed by atoms with Gasteiger partial charge in [0.2, 0.25) is 0 Å². The number of rotatable bonds is 8. The molecule has 7 nitrogen and oxygen atoms in total. The van der Waals surface area contributed by atoms with Gasteiger partial charge in [-0.3, -0.25) is 14.4 Å². The zero-order chi connectivity index (χ0) is 53.8. The van der Waals surface area contributed by atoms with Crippen molar-refractivity contribution >= 4 is 110 Å². The summed E-state index contributed by atoms with van der Waals surface area (Å²) in [6.45, 7) is 12.5. The van der Waals surface area contributed by atoms with E-state index < -0.39 is 17.6 Å². The molecule has 1 aromatic carbocycles. The fourth-order valence-corrected chi connectivity index (χ4v) is 15.0. The maximum atomic E-state index is 13.0. The highest BCUT2D eigenvalue weighted by Gasteiger charge is 2.39. The first-order chi connectivity index (χ1) is 36.0. The van der Waals surface area contributed by atoms with Crippen LogP contribution in [-0.2, 0) is 11.0 Å². The molecule has 4 N–H and O–H groups in total. The van der Waals surface area contributed by atoms with Gasteiger partial charge in [0.05, 0.1) is 27.6 Å². The maximum Gasteiger partial charge on any atom is 0.417 e. The number of Topliss-reactive ketones (excluding diaryl/α,β-unsaturated/α-hetero) is 1. The Kier molecular flexibility index (Phi) is 22.7. The summed E-state index contributed by atoms with van der Waals surface area (Å²) in [7, 11) is 0. The maximum absolute atomic E-state index is 13.0. The van der Waals surface area contributed by atoms with E-state index in [9.17, 15) is 27.6 Å². The molecule has 0 radical (unpaired) electrons. The number of aldehydes is 1. The highest BCUT2D eigenvalue weighted by atomic mass is 35.5. The predicted molar refractivity (Wildman–Crippen MR) is 317 cm³/mol. The van der Waals surface area contributed by atoms with E-state index in [2.05, 4.69) is 90.0 Å². The summed E-state index contributed by atoms with van der Waals surface area (Å²) < 4.78 is 39.0. The van der Waals surface area contributed by atoms with Crippen molar-refractivity contribution in [2.24, 2.45) is 10.9 Å². The molecule has 0 spiro atoms. The summed E-state index contributed by atoms with van der Waals surface area (Å²) in [5, 5.41) is 27.1. The number of oxime groups is 1. The number of halogens is 4. The monoisotopic (exact) mass is 1170 g/mol. The van der Waals surface area contributed by atoms with Crippen molar-refractivity contribution in [3.63, 3.8) is 0 Å². The molecule has 4 unspecified atom stereocenters. The van der Waals surface area contributed by atoms with Gasteiger partial charge in [0.15, 0.2) is 6.29 Å². The summed E-state index contributed by atoms with van der Waals surface area (Å²) in [4.78, 5) is 41.2. The van der Waals surface area contributed by atoms with Gasteiger partial charge in [-0.1, -0.05) is 22.9 Å². The Morgan fingerprint density at radius 2 is 1.11 bits per heavy atom. The van der Waals surface area contributed by atoms with Gasteiger partial charge in [-0.2, -0.15) is 13.2 Å². The number of hydrogen-bond donors (Lipinski definition) is 3. The number of thiophene rings is 6. The Bertz CT molecular complexity index is 3060. The van der Waals surface area contributed by atoms with Gasteiger partial charge in [0, 0.05) is 60.6 Å². The van der Waals surface area contributed by atoms with E-state index in [1.165, 1.54) is 107 Å². The molecule has 5 fully saturated rings. The number of aryl methyl sites for hydroxylation is 6. The number of carbonyl (C=O) groups excluding carboxylic acids is 3. The van der Waals surface area contributed by atoms with Crippen LogP contribution >= 0.6 is 80.4 Å². The zero-order valence-electron chi connectivity index (χ0n) is 43.6. The molecule has 17 heteroatoms. The minimum absolute atomic E-state index is 0. The van der Waals surface area contributed by atoms with E-state index in [1.54, 1.807) is 39.6 Å². The second-order valence-corrected chi connectivity index (χ2v) is 25.3. The number of nitrogens with one attached hydrogen (secondary N) is 1. The van der Waals surface area contributed by atoms with E-state index in [4.69, 9.17) is 10.9 Å². The summed E-state index contributed by atoms with van der Waals surface area (Å²) in [5.41, 5.74) is 15.0. The molecule has 406 valence electrons. The van der Waals surface area contributed by atoms with E-state index in [0.717, 1.165) is 67.0 Å². The minimum atomic E-state index is -4.53.